The predicted octanol–water partition coefficient (Wildman–Crippen LogP) is -0.894. The number of hydrogen-bond acceptors (Lipinski definition) is 5. The van der Waals surface area contributed by atoms with Crippen molar-refractivity contribution in [1.29, 1.82) is 0 Å². The van der Waals surface area contributed by atoms with Crippen molar-refractivity contribution >= 4 is 30.4 Å². The molecule has 0 aromatic carbocycles. The molecule has 7 nitrogen and oxygen atoms in total. The van der Waals surface area contributed by atoms with Crippen LogP contribution in [0.2, 0.25) is 0 Å². The summed E-state index contributed by atoms with van der Waals surface area (Å²) in [7, 11) is 0. The van der Waals surface area contributed by atoms with E-state index >= 15 is 0 Å². The van der Waals surface area contributed by atoms with Gasteiger partial charge in [-0.25, -0.2) is 4.79 Å². The molecule has 0 saturated carbocycles. The standard InChI is InChI=1S/C11H21N3O4S/c12-5-1-2-7(6-19)10(16)14-8(11(17)18)3-4-9(13)15/h7-8,19H,1-6,12H2,(H2,13,15)(H,14,16)(H,17,18)/t7?,8-/m0/s1. The van der Waals surface area contributed by atoms with Crippen LogP contribution in [0.25, 0.3) is 0 Å². The lowest BCUT2D eigenvalue weighted by Gasteiger charge is -2.18. The lowest BCUT2D eigenvalue weighted by atomic mass is 10.0. The quantitative estimate of drug-likeness (QED) is 0.333. The van der Waals surface area contributed by atoms with E-state index in [0.717, 1.165) is 0 Å². The highest BCUT2D eigenvalue weighted by atomic mass is 32.1. The average molecular weight is 291 g/mol. The normalized spacial score (nSPS) is 13.6. The number of carboxylic acids is 1. The second-order valence-electron chi connectivity index (χ2n) is 4.21. The Hall–Kier alpha value is -1.28. The second kappa shape index (κ2) is 9.62. The SMILES string of the molecule is NCCCC(CS)C(=O)N[C@@H](CCC(N)=O)C(=O)O. The first-order chi connectivity index (χ1) is 8.92. The Morgan fingerprint density at radius 3 is 2.32 bits per heavy atom. The van der Waals surface area contributed by atoms with E-state index in [9.17, 15) is 14.4 Å². The molecule has 0 saturated heterocycles. The van der Waals surface area contributed by atoms with Gasteiger partial charge in [0.2, 0.25) is 11.8 Å². The number of aliphatic carboxylic acids is 1. The van der Waals surface area contributed by atoms with Crippen LogP contribution >= 0.6 is 12.6 Å². The first-order valence-corrected chi connectivity index (χ1v) is 6.68. The van der Waals surface area contributed by atoms with Gasteiger partial charge in [-0.3, -0.25) is 9.59 Å². The van der Waals surface area contributed by atoms with Crippen LogP contribution in [0.4, 0.5) is 0 Å². The maximum absolute atomic E-state index is 11.9. The monoisotopic (exact) mass is 291 g/mol. The fraction of sp³-hybridized carbons (Fsp3) is 0.727. The number of amides is 2. The van der Waals surface area contributed by atoms with Crippen LogP contribution in [-0.4, -0.2) is 41.2 Å². The Labute approximate surface area is 117 Å². The number of nitrogens with one attached hydrogen (secondary N) is 1. The summed E-state index contributed by atoms with van der Waals surface area (Å²) in [5, 5.41) is 11.4. The van der Waals surface area contributed by atoms with Crippen molar-refractivity contribution in [3.05, 3.63) is 0 Å². The molecule has 0 radical (unpaired) electrons. The van der Waals surface area contributed by atoms with Gasteiger partial charge in [-0.2, -0.15) is 12.6 Å². The van der Waals surface area contributed by atoms with E-state index in [1.807, 2.05) is 0 Å². The van der Waals surface area contributed by atoms with Crippen molar-refractivity contribution in [3.8, 4) is 0 Å². The summed E-state index contributed by atoms with van der Waals surface area (Å²) in [5.41, 5.74) is 10.3. The van der Waals surface area contributed by atoms with Crippen molar-refractivity contribution in [2.24, 2.45) is 17.4 Å². The summed E-state index contributed by atoms with van der Waals surface area (Å²) in [6.45, 7) is 0.460. The Morgan fingerprint density at radius 2 is 1.89 bits per heavy atom. The van der Waals surface area contributed by atoms with Crippen molar-refractivity contribution in [2.75, 3.05) is 12.3 Å². The molecule has 110 valence electrons. The molecule has 1 unspecified atom stereocenters. The number of thiol groups is 1. The van der Waals surface area contributed by atoms with Gasteiger partial charge < -0.3 is 21.9 Å². The Bertz CT molecular complexity index is 325. The first kappa shape index (κ1) is 17.7. The van der Waals surface area contributed by atoms with Crippen molar-refractivity contribution in [2.45, 2.75) is 31.7 Å². The minimum absolute atomic E-state index is 0.0212. The molecule has 0 aliphatic carbocycles. The molecule has 0 aromatic rings. The number of primary amides is 1. The van der Waals surface area contributed by atoms with E-state index < -0.39 is 17.9 Å². The van der Waals surface area contributed by atoms with E-state index in [1.54, 1.807) is 0 Å². The third-order valence-electron chi connectivity index (χ3n) is 2.64. The fourth-order valence-electron chi connectivity index (χ4n) is 1.50. The van der Waals surface area contributed by atoms with Crippen molar-refractivity contribution in [1.82, 2.24) is 5.32 Å². The van der Waals surface area contributed by atoms with Crippen molar-refractivity contribution in [3.63, 3.8) is 0 Å². The van der Waals surface area contributed by atoms with Crippen molar-refractivity contribution < 1.29 is 19.5 Å². The van der Waals surface area contributed by atoms with Gasteiger partial charge in [0.05, 0.1) is 0 Å². The van der Waals surface area contributed by atoms with Crippen LogP contribution in [0.15, 0.2) is 0 Å². The number of nitrogens with two attached hydrogens (primary N) is 2. The summed E-state index contributed by atoms with van der Waals surface area (Å²) in [6.07, 6.45) is 1.10. The molecule has 19 heavy (non-hydrogen) atoms. The zero-order valence-corrected chi connectivity index (χ0v) is 11.6. The zero-order chi connectivity index (χ0) is 14.8. The van der Waals surface area contributed by atoms with Crippen LogP contribution in [0.1, 0.15) is 25.7 Å². The summed E-state index contributed by atoms with van der Waals surface area (Å²) < 4.78 is 0. The minimum Gasteiger partial charge on any atom is -0.480 e. The maximum Gasteiger partial charge on any atom is 0.326 e. The smallest absolute Gasteiger partial charge is 0.326 e. The van der Waals surface area contributed by atoms with E-state index in [1.165, 1.54) is 0 Å². The van der Waals surface area contributed by atoms with Crippen LogP contribution in [0, 0.1) is 5.92 Å². The molecule has 0 spiro atoms. The van der Waals surface area contributed by atoms with E-state index in [0.29, 0.717) is 25.1 Å². The molecule has 2 atom stereocenters. The average Bonchev–Trinajstić information content (AvgIpc) is 2.34. The molecular weight excluding hydrogens is 270 g/mol. The topological polar surface area (TPSA) is 136 Å². The van der Waals surface area contributed by atoms with Gasteiger partial charge in [0, 0.05) is 18.1 Å². The molecule has 2 amide bonds. The molecule has 0 aromatic heterocycles. The summed E-state index contributed by atoms with van der Waals surface area (Å²) >= 11 is 4.06. The number of carboxylic acid groups (broad SMARTS) is 1. The number of hydrogen-bond donors (Lipinski definition) is 5. The molecule has 0 heterocycles. The molecule has 0 fully saturated rings. The van der Waals surface area contributed by atoms with E-state index in [-0.39, 0.29) is 24.7 Å². The molecule has 0 bridgehead atoms. The Kier molecular flexibility index (Phi) is 8.98. The van der Waals surface area contributed by atoms with Gasteiger partial charge in [0.15, 0.2) is 0 Å². The minimum atomic E-state index is -1.19. The van der Waals surface area contributed by atoms with Gasteiger partial charge >= 0.3 is 5.97 Å². The van der Waals surface area contributed by atoms with Crippen LogP contribution < -0.4 is 16.8 Å². The first-order valence-electron chi connectivity index (χ1n) is 6.04. The van der Waals surface area contributed by atoms with Gasteiger partial charge in [0.25, 0.3) is 0 Å². The highest BCUT2D eigenvalue weighted by Crippen LogP contribution is 2.09. The molecule has 0 aliphatic heterocycles. The second-order valence-corrected chi connectivity index (χ2v) is 4.58. The van der Waals surface area contributed by atoms with Gasteiger partial charge in [0.1, 0.15) is 6.04 Å². The summed E-state index contributed by atoms with van der Waals surface area (Å²) in [6, 6.07) is -1.11. The van der Waals surface area contributed by atoms with Crippen LogP contribution in [-0.2, 0) is 14.4 Å². The van der Waals surface area contributed by atoms with E-state index in [2.05, 4.69) is 17.9 Å². The molecule has 6 N–H and O–H groups in total. The number of carbonyl (C=O) groups excluding carboxylic acids is 2. The van der Waals surface area contributed by atoms with Crippen LogP contribution in [0.3, 0.4) is 0 Å². The predicted molar refractivity (Wildman–Crippen MR) is 73.6 cm³/mol. The fourth-order valence-corrected chi connectivity index (χ4v) is 1.85. The largest absolute Gasteiger partial charge is 0.480 e. The Morgan fingerprint density at radius 1 is 1.26 bits per heavy atom. The Balaban J connectivity index is 4.42. The van der Waals surface area contributed by atoms with Gasteiger partial charge in [-0.1, -0.05) is 0 Å². The zero-order valence-electron chi connectivity index (χ0n) is 10.7. The third-order valence-corrected chi connectivity index (χ3v) is 3.08. The van der Waals surface area contributed by atoms with Crippen LogP contribution in [0.5, 0.6) is 0 Å². The highest BCUT2D eigenvalue weighted by molar-refractivity contribution is 7.80. The van der Waals surface area contributed by atoms with Gasteiger partial charge in [-0.15, -0.1) is 0 Å². The van der Waals surface area contributed by atoms with E-state index in [4.69, 9.17) is 16.6 Å². The highest BCUT2D eigenvalue weighted by Gasteiger charge is 2.24. The number of rotatable bonds is 10. The van der Waals surface area contributed by atoms with Gasteiger partial charge in [-0.05, 0) is 25.8 Å². The molecule has 0 rings (SSSR count). The molecule has 8 heteroatoms. The molecule has 0 aliphatic rings. The lowest BCUT2D eigenvalue weighted by Crippen LogP contribution is -2.44. The summed E-state index contributed by atoms with van der Waals surface area (Å²) in [5.74, 6) is -2.25. The third kappa shape index (κ3) is 7.68. The number of carbonyl (C=O) groups is 3. The lowest BCUT2D eigenvalue weighted by molar-refractivity contribution is -0.142. The molecular formula is C11H21N3O4S. The maximum atomic E-state index is 11.9. The summed E-state index contributed by atoms with van der Waals surface area (Å²) in [4.78, 5) is 33.5.